The molecular weight excluding hydrogens is 240 g/mol. The van der Waals surface area contributed by atoms with Crippen molar-refractivity contribution < 1.29 is 0 Å². The largest absolute Gasteiger partial charge is 0.319 e. The van der Waals surface area contributed by atoms with Crippen LogP contribution in [0.1, 0.15) is 61.5 Å². The van der Waals surface area contributed by atoms with E-state index in [1.54, 1.807) is 0 Å². The minimum atomic E-state index is -0.144. The van der Waals surface area contributed by atoms with Crippen LogP contribution in [0.25, 0.3) is 0 Å². The molecular formula is C15H24N2S. The maximum atomic E-state index is 6.75. The van der Waals surface area contributed by atoms with Gasteiger partial charge in [0.05, 0.1) is 11.2 Å². The summed E-state index contributed by atoms with van der Waals surface area (Å²) in [5.41, 5.74) is 7.96. The predicted molar refractivity (Wildman–Crippen MR) is 76.8 cm³/mol. The van der Waals surface area contributed by atoms with Gasteiger partial charge in [0, 0.05) is 4.88 Å². The Bertz CT molecular complexity index is 416. The number of rotatable bonds is 1. The van der Waals surface area contributed by atoms with Crippen molar-refractivity contribution in [1.29, 1.82) is 0 Å². The van der Waals surface area contributed by atoms with E-state index in [-0.39, 0.29) is 5.54 Å². The maximum Gasteiger partial charge on any atom is 0.113 e. The Labute approximate surface area is 114 Å². The van der Waals surface area contributed by atoms with Gasteiger partial charge >= 0.3 is 0 Å². The second kappa shape index (κ2) is 4.61. The van der Waals surface area contributed by atoms with E-state index in [9.17, 15) is 0 Å². The number of fused-ring (bicyclic) bond motifs is 1. The minimum absolute atomic E-state index is 0.144. The fourth-order valence-electron chi connectivity index (χ4n) is 3.53. The first-order valence-corrected chi connectivity index (χ1v) is 8.19. The fourth-order valence-corrected chi connectivity index (χ4v) is 4.93. The number of thiazole rings is 1. The highest BCUT2D eigenvalue weighted by atomic mass is 32.1. The Morgan fingerprint density at radius 2 is 2.06 bits per heavy atom. The van der Waals surface area contributed by atoms with Gasteiger partial charge in [0.2, 0.25) is 0 Å². The van der Waals surface area contributed by atoms with Crippen molar-refractivity contribution in [3.8, 4) is 0 Å². The summed E-state index contributed by atoms with van der Waals surface area (Å²) in [5.74, 6) is 1.39. The molecule has 0 amide bonds. The molecule has 0 aliphatic heterocycles. The lowest BCUT2D eigenvalue weighted by Gasteiger charge is -2.40. The van der Waals surface area contributed by atoms with E-state index in [0.29, 0.717) is 5.92 Å². The fraction of sp³-hybridized carbons (Fsp3) is 0.800. The van der Waals surface area contributed by atoms with Gasteiger partial charge in [-0.05, 0) is 56.8 Å². The van der Waals surface area contributed by atoms with Gasteiger partial charge in [-0.15, -0.1) is 11.3 Å². The number of hydrogen-bond acceptors (Lipinski definition) is 3. The van der Waals surface area contributed by atoms with Gasteiger partial charge in [-0.25, -0.2) is 4.98 Å². The van der Waals surface area contributed by atoms with Crippen molar-refractivity contribution in [2.75, 3.05) is 0 Å². The third-order valence-electron chi connectivity index (χ3n) is 4.93. The maximum absolute atomic E-state index is 6.75. The quantitative estimate of drug-likeness (QED) is 0.841. The van der Waals surface area contributed by atoms with Crippen LogP contribution in [0.4, 0.5) is 0 Å². The van der Waals surface area contributed by atoms with Crippen molar-refractivity contribution in [3.05, 3.63) is 15.6 Å². The summed E-state index contributed by atoms with van der Waals surface area (Å²) in [7, 11) is 0. The molecule has 0 spiro atoms. The minimum Gasteiger partial charge on any atom is -0.319 e. The smallest absolute Gasteiger partial charge is 0.113 e. The van der Waals surface area contributed by atoms with Crippen molar-refractivity contribution in [2.45, 2.75) is 64.3 Å². The molecule has 2 aliphatic carbocycles. The Balaban J connectivity index is 1.91. The zero-order chi connectivity index (χ0) is 12.8. The van der Waals surface area contributed by atoms with Gasteiger partial charge in [0.25, 0.3) is 0 Å². The molecule has 1 heterocycles. The van der Waals surface area contributed by atoms with Crippen LogP contribution in [-0.2, 0) is 18.4 Å². The van der Waals surface area contributed by atoms with Crippen LogP contribution in [0, 0.1) is 11.8 Å². The second-order valence-electron chi connectivity index (χ2n) is 6.42. The first kappa shape index (κ1) is 12.6. The Morgan fingerprint density at radius 1 is 1.28 bits per heavy atom. The lowest BCUT2D eigenvalue weighted by molar-refractivity contribution is 0.164. The first-order chi connectivity index (χ1) is 8.59. The SMILES string of the molecule is CC1CCC(N)(c2nc3c(s2)CCCC3)C(C)C1. The highest BCUT2D eigenvalue weighted by Gasteiger charge is 2.41. The average molecular weight is 264 g/mol. The van der Waals surface area contributed by atoms with Crippen LogP contribution in [0.5, 0.6) is 0 Å². The van der Waals surface area contributed by atoms with E-state index in [0.717, 1.165) is 12.3 Å². The molecule has 1 saturated carbocycles. The average Bonchev–Trinajstić information content (AvgIpc) is 2.78. The number of nitrogens with zero attached hydrogens (tertiary/aromatic N) is 1. The zero-order valence-corrected chi connectivity index (χ0v) is 12.4. The van der Waals surface area contributed by atoms with Crippen molar-refractivity contribution in [3.63, 3.8) is 0 Å². The van der Waals surface area contributed by atoms with Crippen LogP contribution in [0.2, 0.25) is 0 Å². The molecule has 1 aromatic rings. The molecule has 0 aromatic carbocycles. The third kappa shape index (κ3) is 2.01. The highest BCUT2D eigenvalue weighted by Crippen LogP contribution is 2.44. The highest BCUT2D eigenvalue weighted by molar-refractivity contribution is 7.11. The van der Waals surface area contributed by atoms with E-state index >= 15 is 0 Å². The summed E-state index contributed by atoms with van der Waals surface area (Å²) < 4.78 is 0. The predicted octanol–water partition coefficient (Wildman–Crippen LogP) is 3.63. The van der Waals surface area contributed by atoms with Crippen LogP contribution < -0.4 is 5.73 Å². The standard InChI is InChI=1S/C15H24N2S/c1-10-7-8-15(16,11(2)9-10)14-17-12-5-3-4-6-13(12)18-14/h10-11H,3-9,16H2,1-2H3. The molecule has 0 saturated heterocycles. The molecule has 2 aliphatic rings. The number of nitrogens with two attached hydrogens (primary N) is 1. The molecule has 0 bridgehead atoms. The van der Waals surface area contributed by atoms with Gasteiger partial charge in [-0.1, -0.05) is 13.8 Å². The Kier molecular flexibility index (Phi) is 3.23. The second-order valence-corrected chi connectivity index (χ2v) is 7.50. The summed E-state index contributed by atoms with van der Waals surface area (Å²) in [6.45, 7) is 4.67. The summed E-state index contributed by atoms with van der Waals surface area (Å²) in [5, 5.41) is 1.23. The summed E-state index contributed by atoms with van der Waals surface area (Å²) >= 11 is 1.91. The topological polar surface area (TPSA) is 38.9 Å². The van der Waals surface area contributed by atoms with E-state index < -0.39 is 0 Å². The van der Waals surface area contributed by atoms with E-state index in [1.807, 2.05) is 11.3 Å². The molecule has 0 radical (unpaired) electrons. The molecule has 3 rings (SSSR count). The molecule has 18 heavy (non-hydrogen) atoms. The van der Waals surface area contributed by atoms with E-state index in [2.05, 4.69) is 13.8 Å². The molecule has 1 fully saturated rings. The third-order valence-corrected chi connectivity index (χ3v) is 6.28. The summed E-state index contributed by atoms with van der Waals surface area (Å²) in [6, 6.07) is 0. The summed E-state index contributed by atoms with van der Waals surface area (Å²) in [4.78, 5) is 6.44. The van der Waals surface area contributed by atoms with Crippen LogP contribution in [0.3, 0.4) is 0 Å². The zero-order valence-electron chi connectivity index (χ0n) is 11.5. The lowest BCUT2D eigenvalue weighted by atomic mass is 9.71. The molecule has 1 aromatic heterocycles. The molecule has 2 nitrogen and oxygen atoms in total. The molecule has 3 unspecified atom stereocenters. The van der Waals surface area contributed by atoms with Crippen LogP contribution in [0.15, 0.2) is 0 Å². The first-order valence-electron chi connectivity index (χ1n) is 7.37. The lowest BCUT2D eigenvalue weighted by Crippen LogP contribution is -2.46. The van der Waals surface area contributed by atoms with E-state index in [1.165, 1.54) is 54.1 Å². The molecule has 100 valence electrons. The van der Waals surface area contributed by atoms with Crippen LogP contribution in [-0.4, -0.2) is 4.98 Å². The van der Waals surface area contributed by atoms with Gasteiger partial charge in [0.1, 0.15) is 5.01 Å². The van der Waals surface area contributed by atoms with Gasteiger partial charge in [0.15, 0.2) is 0 Å². The number of aromatic nitrogens is 1. The molecule has 3 atom stereocenters. The van der Waals surface area contributed by atoms with E-state index in [4.69, 9.17) is 10.7 Å². The summed E-state index contributed by atoms with van der Waals surface area (Å²) in [6.07, 6.45) is 8.66. The van der Waals surface area contributed by atoms with Crippen LogP contribution >= 0.6 is 11.3 Å². The van der Waals surface area contributed by atoms with Gasteiger partial charge < -0.3 is 5.73 Å². The monoisotopic (exact) mass is 264 g/mol. The molecule has 2 N–H and O–H groups in total. The van der Waals surface area contributed by atoms with Crippen molar-refractivity contribution in [1.82, 2.24) is 4.98 Å². The molecule has 3 heteroatoms. The Morgan fingerprint density at radius 3 is 2.78 bits per heavy atom. The van der Waals surface area contributed by atoms with Gasteiger partial charge in [-0.3, -0.25) is 0 Å². The number of hydrogen-bond donors (Lipinski definition) is 1. The van der Waals surface area contributed by atoms with Crippen molar-refractivity contribution in [2.24, 2.45) is 17.6 Å². The Hall–Kier alpha value is -0.410. The normalized spacial score (nSPS) is 36.4. The number of aryl methyl sites for hydroxylation is 2. The van der Waals surface area contributed by atoms with Gasteiger partial charge in [-0.2, -0.15) is 0 Å². The van der Waals surface area contributed by atoms with Crippen molar-refractivity contribution >= 4 is 11.3 Å².